The predicted octanol–water partition coefficient (Wildman–Crippen LogP) is 2.66. The second kappa shape index (κ2) is 4.45. The molecular formula is C15H10N4O2. The first-order valence-corrected chi connectivity index (χ1v) is 6.37. The molecule has 102 valence electrons. The lowest BCUT2D eigenvalue weighted by Crippen LogP contribution is -2.10. The third-order valence-corrected chi connectivity index (χ3v) is 3.32. The Hall–Kier alpha value is -3.15. The second-order valence-corrected chi connectivity index (χ2v) is 4.60. The van der Waals surface area contributed by atoms with Crippen molar-refractivity contribution in [1.82, 2.24) is 19.9 Å². The number of carbonyl (C=O) groups is 1. The van der Waals surface area contributed by atoms with Crippen LogP contribution < -0.4 is 4.74 Å². The molecule has 6 nitrogen and oxygen atoms in total. The number of nitrogens with zero attached hydrogens (tertiary/aromatic N) is 2. The van der Waals surface area contributed by atoms with Crippen molar-refractivity contribution in [2.45, 2.75) is 0 Å². The van der Waals surface area contributed by atoms with Crippen molar-refractivity contribution >= 4 is 27.8 Å². The third-order valence-electron chi connectivity index (χ3n) is 3.32. The van der Waals surface area contributed by atoms with Gasteiger partial charge in [-0.3, -0.25) is 9.97 Å². The van der Waals surface area contributed by atoms with Gasteiger partial charge in [0.25, 0.3) is 0 Å². The number of rotatable bonds is 2. The minimum absolute atomic E-state index is 0.390. The van der Waals surface area contributed by atoms with E-state index in [1.54, 1.807) is 24.8 Å². The predicted molar refractivity (Wildman–Crippen MR) is 77.1 cm³/mol. The van der Waals surface area contributed by atoms with Crippen LogP contribution in [0.4, 0.5) is 0 Å². The van der Waals surface area contributed by atoms with Crippen molar-refractivity contribution in [3.05, 3.63) is 54.9 Å². The quantitative estimate of drug-likeness (QED) is 0.552. The molecule has 0 fully saturated rings. The number of nitrogens with one attached hydrogen (secondary N) is 2. The third kappa shape index (κ3) is 1.85. The van der Waals surface area contributed by atoms with E-state index in [9.17, 15) is 4.79 Å². The number of hydrogen-bond acceptors (Lipinski definition) is 4. The molecular weight excluding hydrogens is 268 g/mol. The van der Waals surface area contributed by atoms with E-state index in [-0.39, 0.29) is 0 Å². The number of ether oxygens (including phenoxy) is 1. The second-order valence-electron chi connectivity index (χ2n) is 4.60. The van der Waals surface area contributed by atoms with Crippen LogP contribution in [0.15, 0.2) is 49.3 Å². The number of hydrogen-bond donors (Lipinski definition) is 2. The molecule has 0 atom stereocenters. The van der Waals surface area contributed by atoms with Gasteiger partial charge >= 0.3 is 5.97 Å². The number of aromatic nitrogens is 4. The lowest BCUT2D eigenvalue weighted by Gasteiger charge is -2.05. The van der Waals surface area contributed by atoms with Crippen molar-refractivity contribution in [3.8, 4) is 5.75 Å². The molecule has 21 heavy (non-hydrogen) atoms. The number of H-pyrrole nitrogens is 2. The monoisotopic (exact) mass is 278 g/mol. The Labute approximate surface area is 118 Å². The van der Waals surface area contributed by atoms with Crippen LogP contribution in [0.3, 0.4) is 0 Å². The molecule has 0 radical (unpaired) electrons. The van der Waals surface area contributed by atoms with Crippen LogP contribution in [0.1, 0.15) is 10.4 Å². The van der Waals surface area contributed by atoms with Crippen LogP contribution >= 0.6 is 0 Å². The fraction of sp³-hybridized carbons (Fsp3) is 0. The fourth-order valence-electron chi connectivity index (χ4n) is 2.32. The summed E-state index contributed by atoms with van der Waals surface area (Å²) in [4.78, 5) is 26.5. The summed E-state index contributed by atoms with van der Waals surface area (Å²) in [6, 6.07) is 3.72. The largest absolute Gasteiger partial charge is 0.419 e. The molecule has 4 heterocycles. The first kappa shape index (κ1) is 11.7. The highest BCUT2D eigenvalue weighted by Gasteiger charge is 2.15. The first-order valence-electron chi connectivity index (χ1n) is 6.37. The highest BCUT2D eigenvalue weighted by molar-refractivity contribution is 6.03. The minimum atomic E-state index is -0.473. The molecule has 4 rings (SSSR count). The van der Waals surface area contributed by atoms with E-state index in [1.807, 2.05) is 12.1 Å². The Morgan fingerprint density at radius 3 is 2.38 bits per heavy atom. The molecule has 4 aromatic rings. The lowest BCUT2D eigenvalue weighted by molar-refractivity contribution is 0.0737. The van der Waals surface area contributed by atoms with Crippen LogP contribution in [0.2, 0.25) is 0 Å². The van der Waals surface area contributed by atoms with Crippen LogP contribution in [0, 0.1) is 0 Å². The summed E-state index contributed by atoms with van der Waals surface area (Å²) in [5, 5.41) is 1.75. The Kier molecular flexibility index (Phi) is 2.47. The van der Waals surface area contributed by atoms with E-state index in [4.69, 9.17) is 4.74 Å². The summed E-state index contributed by atoms with van der Waals surface area (Å²) in [6.45, 7) is 0. The Balaban J connectivity index is 1.76. The van der Waals surface area contributed by atoms with E-state index < -0.39 is 5.97 Å². The molecule has 2 N–H and O–H groups in total. The molecule has 0 unspecified atom stereocenters. The van der Waals surface area contributed by atoms with Crippen molar-refractivity contribution in [2.24, 2.45) is 0 Å². The lowest BCUT2D eigenvalue weighted by atomic mass is 10.2. The number of esters is 1. The summed E-state index contributed by atoms with van der Waals surface area (Å²) in [5.41, 5.74) is 1.84. The topological polar surface area (TPSA) is 83.7 Å². The number of pyridine rings is 2. The molecule has 0 spiro atoms. The van der Waals surface area contributed by atoms with E-state index in [2.05, 4.69) is 19.9 Å². The Bertz CT molecular complexity index is 954. The maximum Gasteiger partial charge on any atom is 0.347 e. The summed E-state index contributed by atoms with van der Waals surface area (Å²) in [5.74, 6) is -0.0782. The minimum Gasteiger partial charge on any atom is -0.419 e. The van der Waals surface area contributed by atoms with Crippen molar-refractivity contribution in [2.75, 3.05) is 0 Å². The van der Waals surface area contributed by atoms with E-state index in [0.29, 0.717) is 16.8 Å². The highest BCUT2D eigenvalue weighted by atomic mass is 16.5. The zero-order valence-electron chi connectivity index (χ0n) is 10.8. The molecule has 0 aromatic carbocycles. The average Bonchev–Trinajstić information content (AvgIpc) is 3.15. The van der Waals surface area contributed by atoms with E-state index >= 15 is 0 Å². The first-order chi connectivity index (χ1) is 10.3. The number of fused-ring (bicyclic) bond motifs is 2. The molecule has 6 heteroatoms. The molecule has 0 aliphatic rings. The van der Waals surface area contributed by atoms with Crippen molar-refractivity contribution in [3.63, 3.8) is 0 Å². The Morgan fingerprint density at radius 1 is 0.905 bits per heavy atom. The van der Waals surface area contributed by atoms with Gasteiger partial charge in [-0.25, -0.2) is 4.79 Å². The molecule has 0 aliphatic carbocycles. The average molecular weight is 278 g/mol. The van der Waals surface area contributed by atoms with Gasteiger partial charge in [-0.05, 0) is 12.1 Å². The maximum absolute atomic E-state index is 12.4. The molecule has 0 amide bonds. The summed E-state index contributed by atoms with van der Waals surface area (Å²) < 4.78 is 5.46. The van der Waals surface area contributed by atoms with Crippen LogP contribution in [0.25, 0.3) is 21.8 Å². The van der Waals surface area contributed by atoms with Gasteiger partial charge in [0.2, 0.25) is 0 Å². The van der Waals surface area contributed by atoms with Crippen molar-refractivity contribution < 1.29 is 9.53 Å². The number of aromatic amines is 2. The van der Waals surface area contributed by atoms with E-state index in [1.165, 1.54) is 12.4 Å². The zero-order valence-corrected chi connectivity index (χ0v) is 10.8. The summed E-state index contributed by atoms with van der Waals surface area (Å²) in [6.07, 6.45) is 9.93. The van der Waals surface area contributed by atoms with Gasteiger partial charge in [0.1, 0.15) is 5.56 Å². The van der Waals surface area contributed by atoms with Gasteiger partial charge in [0, 0.05) is 41.8 Å². The van der Waals surface area contributed by atoms with Gasteiger partial charge in [-0.2, -0.15) is 0 Å². The van der Waals surface area contributed by atoms with Crippen LogP contribution in [0.5, 0.6) is 5.75 Å². The molecule has 0 aliphatic heterocycles. The standard InChI is InChI=1S/C15H10N4O2/c20-15(11-7-16-5-9-1-3-18-13(9)11)21-12-8-17-6-10-2-4-19-14(10)12/h1-8,18-19H. The van der Waals surface area contributed by atoms with Gasteiger partial charge in [0.15, 0.2) is 5.75 Å². The molecule has 0 bridgehead atoms. The fourth-order valence-corrected chi connectivity index (χ4v) is 2.32. The summed E-state index contributed by atoms with van der Waals surface area (Å²) >= 11 is 0. The van der Waals surface area contributed by atoms with Crippen molar-refractivity contribution in [1.29, 1.82) is 0 Å². The molecule has 0 saturated heterocycles. The normalized spacial score (nSPS) is 11.0. The maximum atomic E-state index is 12.4. The van der Waals surface area contributed by atoms with Gasteiger partial charge in [0.05, 0.1) is 17.2 Å². The Morgan fingerprint density at radius 2 is 1.57 bits per heavy atom. The number of carbonyl (C=O) groups excluding carboxylic acids is 1. The molecule has 0 saturated carbocycles. The summed E-state index contributed by atoms with van der Waals surface area (Å²) in [7, 11) is 0. The van der Waals surface area contributed by atoms with Crippen LogP contribution in [-0.2, 0) is 0 Å². The molecule has 4 aromatic heterocycles. The SMILES string of the molecule is O=C(Oc1cncc2cc[nH]c12)c1cncc2cc[nH]c12. The van der Waals surface area contributed by atoms with Crippen LogP contribution in [-0.4, -0.2) is 25.9 Å². The van der Waals surface area contributed by atoms with Gasteiger partial charge in [-0.1, -0.05) is 0 Å². The van der Waals surface area contributed by atoms with E-state index in [0.717, 1.165) is 16.3 Å². The van der Waals surface area contributed by atoms with Gasteiger partial charge in [-0.15, -0.1) is 0 Å². The smallest absolute Gasteiger partial charge is 0.347 e. The zero-order chi connectivity index (χ0) is 14.2. The highest BCUT2D eigenvalue weighted by Crippen LogP contribution is 2.24. The van der Waals surface area contributed by atoms with Gasteiger partial charge < -0.3 is 14.7 Å².